The number of carbonyl (C=O) groups excluding carboxylic acids is 1. The predicted molar refractivity (Wildman–Crippen MR) is 91.8 cm³/mol. The van der Waals surface area contributed by atoms with Crippen LogP contribution in [-0.4, -0.2) is 18.0 Å². The molecule has 4 atom stereocenters. The molecule has 1 aliphatic rings. The van der Waals surface area contributed by atoms with Gasteiger partial charge >= 0.3 is 0 Å². The van der Waals surface area contributed by atoms with Crippen LogP contribution in [0.1, 0.15) is 52.5 Å². The van der Waals surface area contributed by atoms with Gasteiger partial charge in [0.15, 0.2) is 6.04 Å². The first-order valence-corrected chi connectivity index (χ1v) is 8.76. The number of amides is 1. The van der Waals surface area contributed by atoms with E-state index < -0.39 is 0 Å². The second-order valence-electron chi connectivity index (χ2n) is 6.95. The Labute approximate surface area is 134 Å². The van der Waals surface area contributed by atoms with E-state index in [1.54, 1.807) is 0 Å². The number of quaternary nitrogens is 1. The Kier molecular flexibility index (Phi) is 6.01. The van der Waals surface area contributed by atoms with E-state index in [1.807, 2.05) is 19.1 Å². The highest BCUT2D eigenvalue weighted by atomic mass is 16.2. The number of benzene rings is 1. The minimum atomic E-state index is -0.0383. The third kappa shape index (κ3) is 4.33. The van der Waals surface area contributed by atoms with Gasteiger partial charge in [-0.3, -0.25) is 4.79 Å². The molecule has 0 heterocycles. The Morgan fingerprint density at radius 2 is 1.95 bits per heavy atom. The molecule has 0 bridgehead atoms. The summed E-state index contributed by atoms with van der Waals surface area (Å²) in [6, 6.07) is 8.68. The van der Waals surface area contributed by atoms with Crippen LogP contribution >= 0.6 is 0 Å². The Balaban J connectivity index is 1.88. The van der Waals surface area contributed by atoms with Crippen molar-refractivity contribution in [3.63, 3.8) is 0 Å². The molecule has 22 heavy (non-hydrogen) atoms. The van der Waals surface area contributed by atoms with E-state index in [0.717, 1.165) is 18.0 Å². The van der Waals surface area contributed by atoms with Gasteiger partial charge in [-0.25, -0.2) is 0 Å². The van der Waals surface area contributed by atoms with Gasteiger partial charge in [-0.1, -0.05) is 32.9 Å². The highest BCUT2D eigenvalue weighted by Gasteiger charge is 2.32. The number of nitrogens with one attached hydrogen (secondary N) is 1. The molecule has 0 radical (unpaired) electrons. The fourth-order valence-electron chi connectivity index (χ4n) is 3.43. The van der Waals surface area contributed by atoms with Crippen LogP contribution in [0.25, 0.3) is 0 Å². The summed E-state index contributed by atoms with van der Waals surface area (Å²) >= 11 is 0. The molecule has 1 fully saturated rings. The molecule has 1 amide bonds. The minimum absolute atomic E-state index is 0.0383. The number of anilines is 1. The van der Waals surface area contributed by atoms with E-state index in [0.29, 0.717) is 12.0 Å². The summed E-state index contributed by atoms with van der Waals surface area (Å²) in [5, 5.41) is 5.31. The summed E-state index contributed by atoms with van der Waals surface area (Å²) in [5.41, 5.74) is 2.19. The molecule has 1 aromatic carbocycles. The second-order valence-corrected chi connectivity index (χ2v) is 6.95. The molecule has 3 heteroatoms. The van der Waals surface area contributed by atoms with Crippen LogP contribution in [0.4, 0.5) is 5.69 Å². The van der Waals surface area contributed by atoms with Crippen LogP contribution < -0.4 is 10.6 Å². The first-order valence-electron chi connectivity index (χ1n) is 8.76. The molecule has 1 aliphatic carbocycles. The maximum atomic E-state index is 12.4. The summed E-state index contributed by atoms with van der Waals surface area (Å²) in [4.78, 5) is 12.4. The van der Waals surface area contributed by atoms with Crippen molar-refractivity contribution in [1.29, 1.82) is 0 Å². The van der Waals surface area contributed by atoms with E-state index in [-0.39, 0.29) is 11.9 Å². The Morgan fingerprint density at radius 3 is 2.59 bits per heavy atom. The first kappa shape index (κ1) is 17.0. The molecular formula is C19H31N2O+. The van der Waals surface area contributed by atoms with Gasteiger partial charge in [0, 0.05) is 11.6 Å². The van der Waals surface area contributed by atoms with E-state index in [9.17, 15) is 4.79 Å². The fraction of sp³-hybridized carbons (Fsp3) is 0.632. The lowest BCUT2D eigenvalue weighted by molar-refractivity contribution is -0.715. The van der Waals surface area contributed by atoms with Crippen LogP contribution in [0, 0.1) is 11.8 Å². The van der Waals surface area contributed by atoms with E-state index in [2.05, 4.69) is 43.5 Å². The maximum absolute atomic E-state index is 12.4. The third-order valence-electron chi connectivity index (χ3n) is 5.35. The lowest BCUT2D eigenvalue weighted by atomic mass is 9.78. The molecule has 2 rings (SSSR count). The van der Waals surface area contributed by atoms with Crippen LogP contribution in [0.5, 0.6) is 0 Å². The Bertz CT molecular complexity index is 483. The number of hydrogen-bond acceptors (Lipinski definition) is 1. The first-order chi connectivity index (χ1) is 10.5. The summed E-state index contributed by atoms with van der Waals surface area (Å²) in [6.45, 7) is 8.82. The van der Waals surface area contributed by atoms with Crippen LogP contribution in [0.2, 0.25) is 0 Å². The van der Waals surface area contributed by atoms with Gasteiger partial charge in [0.1, 0.15) is 0 Å². The van der Waals surface area contributed by atoms with Gasteiger partial charge in [-0.05, 0) is 56.2 Å². The van der Waals surface area contributed by atoms with Crippen LogP contribution in [-0.2, 0) is 11.2 Å². The van der Waals surface area contributed by atoms with Crippen molar-refractivity contribution in [2.75, 3.05) is 5.32 Å². The normalized spacial score (nSPS) is 26.5. The maximum Gasteiger partial charge on any atom is 0.282 e. The lowest BCUT2D eigenvalue weighted by Gasteiger charge is -2.33. The van der Waals surface area contributed by atoms with Crippen molar-refractivity contribution < 1.29 is 10.1 Å². The highest BCUT2D eigenvalue weighted by molar-refractivity contribution is 5.93. The van der Waals surface area contributed by atoms with E-state index >= 15 is 0 Å². The predicted octanol–water partition coefficient (Wildman–Crippen LogP) is 2.96. The van der Waals surface area contributed by atoms with Crippen molar-refractivity contribution in [3.05, 3.63) is 29.8 Å². The van der Waals surface area contributed by atoms with Crippen LogP contribution in [0.15, 0.2) is 24.3 Å². The molecule has 0 unspecified atom stereocenters. The van der Waals surface area contributed by atoms with Crippen molar-refractivity contribution in [2.24, 2.45) is 11.8 Å². The largest absolute Gasteiger partial charge is 0.334 e. The topological polar surface area (TPSA) is 45.7 Å². The van der Waals surface area contributed by atoms with Crippen molar-refractivity contribution >= 4 is 11.6 Å². The van der Waals surface area contributed by atoms with Gasteiger partial charge in [-0.15, -0.1) is 0 Å². The number of rotatable bonds is 5. The number of aryl methyl sites for hydroxylation is 1. The minimum Gasteiger partial charge on any atom is -0.334 e. The Hall–Kier alpha value is -1.35. The average molecular weight is 303 g/mol. The van der Waals surface area contributed by atoms with Crippen molar-refractivity contribution in [3.8, 4) is 0 Å². The van der Waals surface area contributed by atoms with Gasteiger partial charge in [0.05, 0.1) is 6.04 Å². The smallest absolute Gasteiger partial charge is 0.282 e. The molecule has 0 aliphatic heterocycles. The standard InChI is InChI=1S/C19H30N2O/c1-5-16-9-11-17(12-10-16)21-19(22)15(4)20-18-8-6-7-13(2)14(18)3/h9-15,18,20H,5-8H2,1-4H3,(H,21,22)/p+1/t13-,14-,15+,18+/m0/s1. The van der Waals surface area contributed by atoms with E-state index in [1.165, 1.54) is 24.8 Å². The van der Waals surface area contributed by atoms with E-state index in [4.69, 9.17) is 0 Å². The zero-order valence-electron chi connectivity index (χ0n) is 14.4. The molecule has 1 aromatic rings. The Morgan fingerprint density at radius 1 is 1.27 bits per heavy atom. The quantitative estimate of drug-likeness (QED) is 0.863. The SMILES string of the molecule is CCc1ccc(NC(=O)[C@@H](C)[NH2+][C@@H]2CCC[C@H](C)[C@@H]2C)cc1. The van der Waals surface area contributed by atoms with Gasteiger partial charge in [0.25, 0.3) is 5.91 Å². The second kappa shape index (κ2) is 7.77. The molecule has 122 valence electrons. The van der Waals surface area contributed by atoms with Gasteiger partial charge in [0.2, 0.25) is 0 Å². The molecule has 1 saturated carbocycles. The summed E-state index contributed by atoms with van der Waals surface area (Å²) in [7, 11) is 0. The lowest BCUT2D eigenvalue weighted by Crippen LogP contribution is -2.97. The summed E-state index contributed by atoms with van der Waals surface area (Å²) in [6.07, 6.45) is 4.87. The zero-order valence-corrected chi connectivity index (χ0v) is 14.4. The summed E-state index contributed by atoms with van der Waals surface area (Å²) < 4.78 is 0. The average Bonchev–Trinajstić information content (AvgIpc) is 2.52. The van der Waals surface area contributed by atoms with Crippen molar-refractivity contribution in [2.45, 2.75) is 65.5 Å². The number of nitrogens with two attached hydrogens (primary N) is 1. The number of carbonyl (C=O) groups is 1. The highest BCUT2D eigenvalue weighted by Crippen LogP contribution is 2.27. The monoisotopic (exact) mass is 303 g/mol. The third-order valence-corrected chi connectivity index (χ3v) is 5.35. The molecule has 0 saturated heterocycles. The fourth-order valence-corrected chi connectivity index (χ4v) is 3.43. The van der Waals surface area contributed by atoms with Gasteiger partial charge < -0.3 is 10.6 Å². The van der Waals surface area contributed by atoms with Crippen molar-refractivity contribution in [1.82, 2.24) is 0 Å². The molecular weight excluding hydrogens is 272 g/mol. The zero-order chi connectivity index (χ0) is 16.1. The molecule has 0 aromatic heterocycles. The molecule has 3 N–H and O–H groups in total. The number of hydrogen-bond donors (Lipinski definition) is 2. The van der Waals surface area contributed by atoms with Gasteiger partial charge in [-0.2, -0.15) is 0 Å². The molecule has 0 spiro atoms. The van der Waals surface area contributed by atoms with Crippen LogP contribution in [0.3, 0.4) is 0 Å². The summed E-state index contributed by atoms with van der Waals surface area (Å²) in [5.74, 6) is 1.56. The molecule has 3 nitrogen and oxygen atoms in total.